The molecule has 0 spiro atoms. The van der Waals surface area contributed by atoms with Crippen LogP contribution in [-0.2, 0) is 16.6 Å². The van der Waals surface area contributed by atoms with E-state index in [9.17, 15) is 8.42 Å². The number of rotatable bonds is 7. The first-order chi connectivity index (χ1) is 10.3. The fourth-order valence-electron chi connectivity index (χ4n) is 2.99. The van der Waals surface area contributed by atoms with Crippen molar-refractivity contribution in [2.45, 2.75) is 39.7 Å². The second kappa shape index (κ2) is 6.56. The van der Waals surface area contributed by atoms with Gasteiger partial charge in [-0.2, -0.15) is 17.4 Å². The summed E-state index contributed by atoms with van der Waals surface area (Å²) in [5, 5.41) is 0. The van der Waals surface area contributed by atoms with E-state index in [1.54, 1.807) is 0 Å². The molecule has 1 N–H and O–H groups in total. The molecule has 0 atom stereocenters. The van der Waals surface area contributed by atoms with E-state index in [-0.39, 0.29) is 5.54 Å². The molecule has 0 amide bonds. The molecule has 6 heteroatoms. The predicted octanol–water partition coefficient (Wildman–Crippen LogP) is 2.00. The molecule has 2 rings (SSSR count). The molecule has 0 radical (unpaired) electrons. The van der Waals surface area contributed by atoms with Crippen molar-refractivity contribution < 1.29 is 8.42 Å². The van der Waals surface area contributed by atoms with Gasteiger partial charge in [-0.05, 0) is 31.9 Å². The van der Waals surface area contributed by atoms with Gasteiger partial charge in [-0.25, -0.2) is 0 Å². The van der Waals surface area contributed by atoms with Gasteiger partial charge in [0.05, 0.1) is 0 Å². The molecule has 1 aliphatic heterocycles. The van der Waals surface area contributed by atoms with Gasteiger partial charge in [0.15, 0.2) is 0 Å². The van der Waals surface area contributed by atoms with Crippen molar-refractivity contribution in [3.63, 3.8) is 0 Å². The summed E-state index contributed by atoms with van der Waals surface area (Å²) in [4.78, 5) is 2.30. The van der Waals surface area contributed by atoms with Crippen LogP contribution in [0.25, 0.3) is 0 Å². The third kappa shape index (κ3) is 3.45. The molecule has 1 heterocycles. The number of nitrogens with one attached hydrogen (secondary N) is 1. The molecule has 0 unspecified atom stereocenters. The molecule has 1 aliphatic rings. The monoisotopic (exact) mass is 325 g/mol. The lowest BCUT2D eigenvalue weighted by Gasteiger charge is -2.38. The fourth-order valence-corrected chi connectivity index (χ4v) is 4.38. The second-order valence-corrected chi connectivity index (χ2v) is 8.01. The molecular weight excluding hydrogens is 298 g/mol. The van der Waals surface area contributed by atoms with Crippen LogP contribution in [0.3, 0.4) is 0 Å². The summed E-state index contributed by atoms with van der Waals surface area (Å²) in [7, 11) is -3.41. The summed E-state index contributed by atoms with van der Waals surface area (Å²) in [6, 6.07) is 8.35. The molecule has 124 valence electrons. The number of hydrogen-bond donors (Lipinski definition) is 1. The highest BCUT2D eigenvalue weighted by Gasteiger charge is 2.33. The molecule has 0 fully saturated rings. The van der Waals surface area contributed by atoms with Gasteiger partial charge < -0.3 is 4.90 Å². The largest absolute Gasteiger partial charge is 0.365 e. The first kappa shape index (κ1) is 17.2. The minimum atomic E-state index is -3.41. The van der Waals surface area contributed by atoms with E-state index in [1.807, 2.05) is 19.9 Å². The first-order valence-corrected chi connectivity index (χ1v) is 9.36. The highest BCUT2D eigenvalue weighted by atomic mass is 32.2. The molecule has 0 saturated carbocycles. The molecule has 1 aromatic rings. The molecule has 0 bridgehead atoms. The Morgan fingerprint density at radius 1 is 1.23 bits per heavy atom. The lowest BCUT2D eigenvalue weighted by molar-refractivity contribution is 0.414. The van der Waals surface area contributed by atoms with E-state index in [4.69, 9.17) is 0 Å². The van der Waals surface area contributed by atoms with Crippen molar-refractivity contribution in [3.05, 3.63) is 29.8 Å². The van der Waals surface area contributed by atoms with E-state index in [0.717, 1.165) is 13.0 Å². The Balaban J connectivity index is 2.10. The van der Waals surface area contributed by atoms with Crippen LogP contribution in [0.15, 0.2) is 24.3 Å². The standard InChI is InChI=1S/C16H27N3O2S/c1-5-18(6-2)22(20,21)17-13-16(3,4)19-12-11-14-9-7-8-10-15(14)19/h7-10,17H,5-6,11-13H2,1-4H3. The Morgan fingerprint density at radius 3 is 2.50 bits per heavy atom. The number of benzene rings is 1. The Kier molecular flexibility index (Phi) is 5.14. The zero-order valence-electron chi connectivity index (χ0n) is 14.0. The quantitative estimate of drug-likeness (QED) is 0.834. The average molecular weight is 325 g/mol. The van der Waals surface area contributed by atoms with Crippen LogP contribution in [-0.4, -0.2) is 44.4 Å². The molecule has 0 aliphatic carbocycles. The normalized spacial score (nSPS) is 15.4. The average Bonchev–Trinajstić information content (AvgIpc) is 2.91. The highest BCUT2D eigenvalue weighted by Crippen LogP contribution is 2.33. The highest BCUT2D eigenvalue weighted by molar-refractivity contribution is 7.87. The third-order valence-electron chi connectivity index (χ3n) is 4.35. The predicted molar refractivity (Wildman–Crippen MR) is 91.4 cm³/mol. The van der Waals surface area contributed by atoms with E-state index in [0.29, 0.717) is 19.6 Å². The SMILES string of the molecule is CCN(CC)S(=O)(=O)NCC(C)(C)N1CCc2ccccc21. The van der Waals surface area contributed by atoms with Crippen molar-refractivity contribution in [3.8, 4) is 0 Å². The van der Waals surface area contributed by atoms with Crippen LogP contribution in [0.2, 0.25) is 0 Å². The minimum Gasteiger partial charge on any atom is -0.365 e. The molecule has 1 aromatic carbocycles. The van der Waals surface area contributed by atoms with Crippen LogP contribution < -0.4 is 9.62 Å². The zero-order valence-corrected chi connectivity index (χ0v) is 14.8. The number of fused-ring (bicyclic) bond motifs is 1. The number of nitrogens with zero attached hydrogens (tertiary/aromatic N) is 2. The van der Waals surface area contributed by atoms with Gasteiger partial charge in [0.25, 0.3) is 10.2 Å². The van der Waals surface area contributed by atoms with Crippen molar-refractivity contribution in [1.82, 2.24) is 9.03 Å². The van der Waals surface area contributed by atoms with E-state index in [1.165, 1.54) is 15.6 Å². The fraction of sp³-hybridized carbons (Fsp3) is 0.625. The summed E-state index contributed by atoms with van der Waals surface area (Å²) in [5.41, 5.74) is 2.28. The summed E-state index contributed by atoms with van der Waals surface area (Å²) in [6.07, 6.45) is 1.02. The summed E-state index contributed by atoms with van der Waals surface area (Å²) < 4.78 is 28.8. The Morgan fingerprint density at radius 2 is 1.86 bits per heavy atom. The number of hydrogen-bond acceptors (Lipinski definition) is 3. The molecule has 0 saturated heterocycles. The van der Waals surface area contributed by atoms with Crippen molar-refractivity contribution in [2.24, 2.45) is 0 Å². The zero-order chi connectivity index (χ0) is 16.4. The second-order valence-electron chi connectivity index (χ2n) is 6.25. The van der Waals surface area contributed by atoms with Crippen LogP contribution in [0.5, 0.6) is 0 Å². The molecule has 5 nitrogen and oxygen atoms in total. The lowest BCUT2D eigenvalue weighted by Crippen LogP contribution is -2.53. The van der Waals surface area contributed by atoms with Crippen LogP contribution in [0.4, 0.5) is 5.69 Å². The summed E-state index contributed by atoms with van der Waals surface area (Å²) in [5.74, 6) is 0. The first-order valence-electron chi connectivity index (χ1n) is 7.92. The van der Waals surface area contributed by atoms with Gasteiger partial charge in [-0.1, -0.05) is 32.0 Å². The molecule has 22 heavy (non-hydrogen) atoms. The molecule has 0 aromatic heterocycles. The Labute approximate surface area is 134 Å². The summed E-state index contributed by atoms with van der Waals surface area (Å²) in [6.45, 7) is 10.2. The van der Waals surface area contributed by atoms with Gasteiger partial charge in [0.2, 0.25) is 0 Å². The van der Waals surface area contributed by atoms with Gasteiger partial charge in [-0.3, -0.25) is 0 Å². The van der Waals surface area contributed by atoms with E-state index >= 15 is 0 Å². The Bertz CT molecular complexity index is 610. The lowest BCUT2D eigenvalue weighted by atomic mass is 10.0. The van der Waals surface area contributed by atoms with Gasteiger partial charge >= 0.3 is 0 Å². The maximum absolute atomic E-state index is 12.3. The number of para-hydroxylation sites is 1. The molecular formula is C16H27N3O2S. The van der Waals surface area contributed by atoms with Crippen LogP contribution in [0.1, 0.15) is 33.3 Å². The van der Waals surface area contributed by atoms with Crippen molar-refractivity contribution in [2.75, 3.05) is 31.1 Å². The smallest absolute Gasteiger partial charge is 0.279 e. The van der Waals surface area contributed by atoms with Gasteiger partial charge in [-0.15, -0.1) is 0 Å². The Hall–Kier alpha value is -1.11. The van der Waals surface area contributed by atoms with Crippen molar-refractivity contribution >= 4 is 15.9 Å². The van der Waals surface area contributed by atoms with Gasteiger partial charge in [0, 0.05) is 37.4 Å². The maximum Gasteiger partial charge on any atom is 0.279 e. The van der Waals surface area contributed by atoms with Crippen molar-refractivity contribution in [1.29, 1.82) is 0 Å². The van der Waals surface area contributed by atoms with E-state index in [2.05, 4.69) is 41.7 Å². The number of anilines is 1. The summed E-state index contributed by atoms with van der Waals surface area (Å²) >= 11 is 0. The minimum absolute atomic E-state index is 0.271. The van der Waals surface area contributed by atoms with Crippen LogP contribution in [0, 0.1) is 0 Å². The van der Waals surface area contributed by atoms with Gasteiger partial charge in [0.1, 0.15) is 0 Å². The maximum atomic E-state index is 12.3. The van der Waals surface area contributed by atoms with Crippen LogP contribution >= 0.6 is 0 Å². The van der Waals surface area contributed by atoms with E-state index < -0.39 is 10.2 Å². The topological polar surface area (TPSA) is 52.7 Å². The third-order valence-corrected chi connectivity index (χ3v) is 6.06.